The number of nitrogens with zero attached hydrogens (tertiary/aromatic N) is 3. The molecule has 1 aromatic carbocycles. The van der Waals surface area contributed by atoms with Crippen LogP contribution in [-0.2, 0) is 5.75 Å². The zero-order chi connectivity index (χ0) is 14.1. The highest BCUT2D eigenvalue weighted by Gasteiger charge is 2.31. The molecule has 1 heterocycles. The Labute approximate surface area is 128 Å². The molecule has 1 aliphatic carbocycles. The first kappa shape index (κ1) is 14.0. The molecular weight excluding hydrogens is 290 g/mol. The lowest BCUT2D eigenvalue weighted by Gasteiger charge is -2.13. The minimum Gasteiger partial charge on any atom is -0.303 e. The van der Waals surface area contributed by atoms with Crippen molar-refractivity contribution in [3.63, 3.8) is 0 Å². The Morgan fingerprint density at radius 3 is 2.80 bits per heavy atom. The van der Waals surface area contributed by atoms with Crippen molar-refractivity contribution in [1.82, 2.24) is 14.8 Å². The van der Waals surface area contributed by atoms with Crippen molar-refractivity contribution in [2.24, 2.45) is 0 Å². The van der Waals surface area contributed by atoms with Gasteiger partial charge in [-0.15, -0.1) is 10.2 Å². The van der Waals surface area contributed by atoms with Crippen molar-refractivity contribution in [3.8, 4) is 0 Å². The number of hydrogen-bond donors (Lipinski definition) is 0. The Bertz CT molecular complexity index is 605. The van der Waals surface area contributed by atoms with Gasteiger partial charge < -0.3 is 4.57 Å². The van der Waals surface area contributed by atoms with E-state index < -0.39 is 0 Å². The Morgan fingerprint density at radius 2 is 2.15 bits per heavy atom. The number of benzene rings is 1. The smallest absolute Gasteiger partial charge is 0.191 e. The molecule has 0 aliphatic heterocycles. The minimum atomic E-state index is 0.405. The second kappa shape index (κ2) is 5.78. The molecule has 0 saturated heterocycles. The molecule has 2 aromatic rings. The fourth-order valence-corrected chi connectivity index (χ4v) is 3.50. The largest absolute Gasteiger partial charge is 0.303 e. The Morgan fingerprint density at radius 1 is 1.35 bits per heavy atom. The van der Waals surface area contributed by atoms with Gasteiger partial charge in [-0.1, -0.05) is 35.5 Å². The zero-order valence-electron chi connectivity index (χ0n) is 11.7. The molecule has 0 radical (unpaired) electrons. The van der Waals surface area contributed by atoms with Gasteiger partial charge in [0.25, 0.3) is 0 Å². The molecule has 0 atom stereocenters. The highest BCUT2D eigenvalue weighted by Crippen LogP contribution is 2.41. The van der Waals surface area contributed by atoms with Crippen LogP contribution in [0.5, 0.6) is 0 Å². The van der Waals surface area contributed by atoms with E-state index in [0.717, 1.165) is 21.8 Å². The first-order chi connectivity index (χ1) is 9.65. The standard InChI is InChI=1S/C15H18ClN3S/c1-10(2)19-14(12-6-7-12)17-18-15(19)20-9-11-4-3-5-13(16)8-11/h3-5,8,10,12H,6-7,9H2,1-2H3. The van der Waals surface area contributed by atoms with Crippen molar-refractivity contribution in [3.05, 3.63) is 40.7 Å². The van der Waals surface area contributed by atoms with Crippen LogP contribution in [0.25, 0.3) is 0 Å². The van der Waals surface area contributed by atoms with Gasteiger partial charge >= 0.3 is 0 Å². The van der Waals surface area contributed by atoms with E-state index in [-0.39, 0.29) is 0 Å². The Kier molecular flexibility index (Phi) is 4.03. The average Bonchev–Trinajstić information content (AvgIpc) is 3.16. The van der Waals surface area contributed by atoms with E-state index in [0.29, 0.717) is 12.0 Å². The first-order valence-corrected chi connectivity index (χ1v) is 8.33. The maximum Gasteiger partial charge on any atom is 0.191 e. The van der Waals surface area contributed by atoms with Crippen molar-refractivity contribution in [1.29, 1.82) is 0 Å². The highest BCUT2D eigenvalue weighted by molar-refractivity contribution is 7.98. The van der Waals surface area contributed by atoms with Gasteiger partial charge in [0.05, 0.1) is 0 Å². The van der Waals surface area contributed by atoms with Crippen molar-refractivity contribution in [2.45, 2.75) is 49.6 Å². The number of aromatic nitrogens is 3. The summed E-state index contributed by atoms with van der Waals surface area (Å²) < 4.78 is 2.28. The summed E-state index contributed by atoms with van der Waals surface area (Å²) in [4.78, 5) is 0. The predicted molar refractivity (Wildman–Crippen MR) is 83.4 cm³/mol. The topological polar surface area (TPSA) is 30.7 Å². The second-order valence-corrected chi connectivity index (χ2v) is 6.88. The molecule has 0 amide bonds. The Balaban J connectivity index is 1.77. The van der Waals surface area contributed by atoms with Gasteiger partial charge in [0.2, 0.25) is 0 Å². The second-order valence-electron chi connectivity index (χ2n) is 5.50. The van der Waals surface area contributed by atoms with Crippen molar-refractivity contribution >= 4 is 23.4 Å². The van der Waals surface area contributed by atoms with E-state index in [9.17, 15) is 0 Å². The van der Waals surface area contributed by atoms with Crippen molar-refractivity contribution < 1.29 is 0 Å². The molecule has 3 rings (SSSR count). The lowest BCUT2D eigenvalue weighted by Crippen LogP contribution is -2.07. The van der Waals surface area contributed by atoms with Crippen molar-refractivity contribution in [2.75, 3.05) is 0 Å². The molecule has 106 valence electrons. The first-order valence-electron chi connectivity index (χ1n) is 6.97. The molecule has 0 bridgehead atoms. The van der Waals surface area contributed by atoms with Crippen LogP contribution in [0.4, 0.5) is 0 Å². The molecule has 0 unspecified atom stereocenters. The molecule has 20 heavy (non-hydrogen) atoms. The van der Waals surface area contributed by atoms with Crippen LogP contribution >= 0.6 is 23.4 Å². The maximum absolute atomic E-state index is 6.02. The van der Waals surface area contributed by atoms with Gasteiger partial charge in [0, 0.05) is 22.7 Å². The molecule has 0 spiro atoms. The molecule has 1 aromatic heterocycles. The van der Waals surface area contributed by atoms with Crippen LogP contribution in [0.1, 0.15) is 50.0 Å². The summed E-state index contributed by atoms with van der Waals surface area (Å²) in [5.41, 5.74) is 1.22. The van der Waals surface area contributed by atoms with Crippen LogP contribution < -0.4 is 0 Å². The Hall–Kier alpha value is -1.00. The van der Waals surface area contributed by atoms with Gasteiger partial charge in [0.15, 0.2) is 5.16 Å². The third-order valence-corrected chi connectivity index (χ3v) is 4.66. The van der Waals surface area contributed by atoms with Gasteiger partial charge in [-0.3, -0.25) is 0 Å². The summed E-state index contributed by atoms with van der Waals surface area (Å²) in [6.45, 7) is 4.39. The van der Waals surface area contributed by atoms with Gasteiger partial charge in [0.1, 0.15) is 5.82 Å². The number of thioether (sulfide) groups is 1. The third-order valence-electron chi connectivity index (χ3n) is 3.41. The van der Waals surface area contributed by atoms with Gasteiger partial charge in [-0.05, 0) is 44.4 Å². The van der Waals surface area contributed by atoms with Crippen LogP contribution in [0.15, 0.2) is 29.4 Å². The van der Waals surface area contributed by atoms with Gasteiger partial charge in [-0.2, -0.15) is 0 Å². The van der Waals surface area contributed by atoms with E-state index in [1.165, 1.54) is 18.4 Å². The molecule has 3 nitrogen and oxygen atoms in total. The molecule has 1 saturated carbocycles. The number of halogens is 1. The highest BCUT2D eigenvalue weighted by atomic mass is 35.5. The summed E-state index contributed by atoms with van der Waals surface area (Å²) in [6, 6.07) is 8.39. The maximum atomic E-state index is 6.02. The lowest BCUT2D eigenvalue weighted by molar-refractivity contribution is 0.526. The van der Waals surface area contributed by atoms with E-state index in [2.05, 4.69) is 34.7 Å². The van der Waals surface area contributed by atoms with Crippen LogP contribution in [-0.4, -0.2) is 14.8 Å². The quantitative estimate of drug-likeness (QED) is 0.751. The summed E-state index contributed by atoms with van der Waals surface area (Å²) in [5.74, 6) is 2.66. The SMILES string of the molecule is CC(C)n1c(SCc2cccc(Cl)c2)nnc1C1CC1. The number of rotatable bonds is 5. The average molecular weight is 308 g/mol. The lowest BCUT2D eigenvalue weighted by atomic mass is 10.2. The predicted octanol–water partition coefficient (Wildman–Crippen LogP) is 4.68. The summed E-state index contributed by atoms with van der Waals surface area (Å²) in [7, 11) is 0. The van der Waals surface area contributed by atoms with Gasteiger partial charge in [-0.25, -0.2) is 0 Å². The summed E-state index contributed by atoms with van der Waals surface area (Å²) >= 11 is 7.75. The zero-order valence-corrected chi connectivity index (χ0v) is 13.3. The molecule has 0 N–H and O–H groups in total. The normalized spacial score (nSPS) is 15.0. The third kappa shape index (κ3) is 3.01. The number of hydrogen-bond acceptors (Lipinski definition) is 3. The van der Waals surface area contributed by atoms with E-state index in [1.54, 1.807) is 11.8 Å². The van der Waals surface area contributed by atoms with E-state index >= 15 is 0 Å². The van der Waals surface area contributed by atoms with E-state index in [1.807, 2.05) is 18.2 Å². The monoisotopic (exact) mass is 307 g/mol. The fraction of sp³-hybridized carbons (Fsp3) is 0.467. The fourth-order valence-electron chi connectivity index (χ4n) is 2.27. The molecule has 1 fully saturated rings. The van der Waals surface area contributed by atoms with Crippen LogP contribution in [0.2, 0.25) is 5.02 Å². The molecular formula is C15H18ClN3S. The van der Waals surface area contributed by atoms with Crippen LogP contribution in [0.3, 0.4) is 0 Å². The van der Waals surface area contributed by atoms with E-state index in [4.69, 9.17) is 11.6 Å². The van der Waals surface area contributed by atoms with Crippen LogP contribution in [0, 0.1) is 0 Å². The molecule has 1 aliphatic rings. The minimum absolute atomic E-state index is 0.405. The summed E-state index contributed by atoms with van der Waals surface area (Å²) in [6.07, 6.45) is 2.51. The summed E-state index contributed by atoms with van der Waals surface area (Å²) in [5, 5.41) is 10.6. The molecule has 5 heteroatoms.